The normalized spacial score (nSPS) is 11.9. The molecule has 1 N–H and O–H groups in total. The molecule has 1 atom stereocenters. The number of anilines is 3. The predicted octanol–water partition coefficient (Wildman–Crippen LogP) is 8.37. The first-order valence-electron chi connectivity index (χ1n) is 13.3. The van der Waals surface area contributed by atoms with Crippen LogP contribution in [0.4, 0.5) is 17.3 Å². The first-order valence-corrected chi connectivity index (χ1v) is 14.1. The summed E-state index contributed by atoms with van der Waals surface area (Å²) in [5.41, 5.74) is 10.6. The van der Waals surface area contributed by atoms with Gasteiger partial charge in [0, 0.05) is 42.2 Å². The molecule has 0 spiro atoms. The third-order valence-electron chi connectivity index (χ3n) is 7.12. The first kappa shape index (κ1) is 25.6. The molecule has 0 aliphatic carbocycles. The molecular formula is C33H30N6S. The summed E-state index contributed by atoms with van der Waals surface area (Å²) < 4.78 is 1.15. The molecule has 7 heteroatoms. The van der Waals surface area contributed by atoms with Gasteiger partial charge in [-0.3, -0.25) is 0 Å². The second kappa shape index (κ2) is 10.9. The summed E-state index contributed by atoms with van der Waals surface area (Å²) >= 11 is 1.64. The lowest BCUT2D eigenvalue weighted by atomic mass is 10.0. The van der Waals surface area contributed by atoms with E-state index in [-0.39, 0.29) is 6.04 Å². The molecule has 0 bridgehead atoms. The summed E-state index contributed by atoms with van der Waals surface area (Å²) in [6, 6.07) is 29.4. The van der Waals surface area contributed by atoms with Crippen LogP contribution in [0.3, 0.4) is 0 Å². The summed E-state index contributed by atoms with van der Waals surface area (Å²) in [6.07, 6.45) is 1.95. The Morgan fingerprint density at radius 1 is 0.800 bits per heavy atom. The third kappa shape index (κ3) is 5.28. The van der Waals surface area contributed by atoms with Gasteiger partial charge in [0.1, 0.15) is 17.5 Å². The standard InChI is InChI=1S/C33H30N6S/c1-21-8-5-6-11-30(21)39(4)33-15-13-27(19-34-33)25-10-7-9-24(16-25)22(2)36-32-18-29(37-23(3)38-32)26-12-14-28-31(17-26)40-20-35-28/h5-20,22H,1-4H3,(H,36,37,38). The van der Waals surface area contributed by atoms with Crippen molar-refractivity contribution in [1.29, 1.82) is 0 Å². The van der Waals surface area contributed by atoms with Gasteiger partial charge in [-0.2, -0.15) is 0 Å². The van der Waals surface area contributed by atoms with E-state index in [1.807, 2.05) is 30.8 Å². The summed E-state index contributed by atoms with van der Waals surface area (Å²) in [7, 11) is 2.05. The van der Waals surface area contributed by atoms with Gasteiger partial charge in [-0.1, -0.05) is 42.5 Å². The molecule has 0 saturated heterocycles. The van der Waals surface area contributed by atoms with E-state index in [4.69, 9.17) is 9.97 Å². The molecule has 40 heavy (non-hydrogen) atoms. The molecule has 0 fully saturated rings. The van der Waals surface area contributed by atoms with E-state index in [2.05, 4.69) is 114 Å². The number of para-hydroxylation sites is 1. The highest BCUT2D eigenvalue weighted by Crippen LogP contribution is 2.30. The zero-order valence-corrected chi connectivity index (χ0v) is 23.8. The summed E-state index contributed by atoms with van der Waals surface area (Å²) in [5.74, 6) is 2.44. The Labute approximate surface area is 238 Å². The van der Waals surface area contributed by atoms with Gasteiger partial charge in [-0.05, 0) is 73.9 Å². The molecule has 3 aromatic carbocycles. The molecule has 0 aliphatic rings. The lowest BCUT2D eigenvalue weighted by Crippen LogP contribution is -2.12. The maximum Gasteiger partial charge on any atom is 0.132 e. The average molecular weight is 543 g/mol. The highest BCUT2D eigenvalue weighted by atomic mass is 32.1. The number of aryl methyl sites for hydroxylation is 2. The fourth-order valence-corrected chi connectivity index (χ4v) is 5.63. The van der Waals surface area contributed by atoms with E-state index < -0.39 is 0 Å². The van der Waals surface area contributed by atoms with Crippen molar-refractivity contribution in [3.05, 3.63) is 114 Å². The van der Waals surface area contributed by atoms with Crippen molar-refractivity contribution >= 4 is 38.9 Å². The monoisotopic (exact) mass is 542 g/mol. The predicted molar refractivity (Wildman–Crippen MR) is 166 cm³/mol. The van der Waals surface area contributed by atoms with Crippen molar-refractivity contribution in [2.24, 2.45) is 0 Å². The van der Waals surface area contributed by atoms with Crippen molar-refractivity contribution in [2.45, 2.75) is 26.8 Å². The van der Waals surface area contributed by atoms with Crippen LogP contribution in [0.2, 0.25) is 0 Å². The van der Waals surface area contributed by atoms with E-state index in [0.29, 0.717) is 0 Å². The van der Waals surface area contributed by atoms with Gasteiger partial charge in [0.2, 0.25) is 0 Å². The Balaban J connectivity index is 1.21. The molecule has 1 unspecified atom stereocenters. The van der Waals surface area contributed by atoms with Crippen LogP contribution in [-0.4, -0.2) is 27.0 Å². The number of nitrogens with one attached hydrogen (secondary N) is 1. The van der Waals surface area contributed by atoms with Crippen molar-refractivity contribution in [3.8, 4) is 22.4 Å². The number of thiazole rings is 1. The van der Waals surface area contributed by atoms with Crippen LogP contribution in [0.15, 0.2) is 96.6 Å². The molecular weight excluding hydrogens is 512 g/mol. The van der Waals surface area contributed by atoms with Gasteiger partial charge in [-0.25, -0.2) is 19.9 Å². The van der Waals surface area contributed by atoms with Gasteiger partial charge in [0.05, 0.1) is 21.4 Å². The minimum atomic E-state index is 0.0468. The van der Waals surface area contributed by atoms with Gasteiger partial charge in [0.25, 0.3) is 0 Å². The Morgan fingerprint density at radius 3 is 2.48 bits per heavy atom. The Kier molecular flexibility index (Phi) is 6.97. The molecule has 0 amide bonds. The van der Waals surface area contributed by atoms with E-state index in [9.17, 15) is 0 Å². The second-order valence-corrected chi connectivity index (χ2v) is 10.8. The number of benzene rings is 3. The van der Waals surface area contributed by atoms with Crippen LogP contribution < -0.4 is 10.2 Å². The number of rotatable bonds is 7. The number of hydrogen-bond acceptors (Lipinski definition) is 7. The van der Waals surface area contributed by atoms with Crippen LogP contribution >= 0.6 is 11.3 Å². The van der Waals surface area contributed by atoms with Gasteiger partial charge in [-0.15, -0.1) is 11.3 Å². The van der Waals surface area contributed by atoms with Crippen LogP contribution in [0.1, 0.15) is 29.9 Å². The summed E-state index contributed by atoms with van der Waals surface area (Å²) in [6.45, 7) is 6.20. The molecule has 3 aromatic heterocycles. The Bertz CT molecular complexity index is 1790. The first-order chi connectivity index (χ1) is 19.4. The van der Waals surface area contributed by atoms with Crippen molar-refractivity contribution in [2.75, 3.05) is 17.3 Å². The molecule has 6 nitrogen and oxygen atoms in total. The Hall–Kier alpha value is -4.62. The van der Waals surface area contributed by atoms with E-state index >= 15 is 0 Å². The Morgan fingerprint density at radius 2 is 1.65 bits per heavy atom. The number of pyridine rings is 1. The van der Waals surface area contributed by atoms with Crippen LogP contribution in [0, 0.1) is 13.8 Å². The molecule has 0 radical (unpaired) electrons. The van der Waals surface area contributed by atoms with Crippen molar-refractivity contribution in [1.82, 2.24) is 19.9 Å². The van der Waals surface area contributed by atoms with Gasteiger partial charge < -0.3 is 10.2 Å². The zero-order chi connectivity index (χ0) is 27.6. The molecule has 198 valence electrons. The number of fused-ring (bicyclic) bond motifs is 1. The summed E-state index contributed by atoms with van der Waals surface area (Å²) in [5, 5.41) is 3.58. The van der Waals surface area contributed by atoms with E-state index in [1.165, 1.54) is 11.1 Å². The number of nitrogens with zero attached hydrogens (tertiary/aromatic N) is 5. The van der Waals surface area contributed by atoms with Crippen LogP contribution in [0.5, 0.6) is 0 Å². The van der Waals surface area contributed by atoms with Crippen molar-refractivity contribution < 1.29 is 0 Å². The van der Waals surface area contributed by atoms with E-state index in [1.54, 1.807) is 11.3 Å². The third-order valence-corrected chi connectivity index (χ3v) is 7.91. The maximum absolute atomic E-state index is 4.77. The number of aromatic nitrogens is 4. The average Bonchev–Trinajstić information content (AvgIpc) is 3.45. The molecule has 6 rings (SSSR count). The number of hydrogen-bond donors (Lipinski definition) is 1. The SMILES string of the molecule is Cc1nc(NC(C)c2cccc(-c3ccc(N(C)c4ccccc4C)nc3)c2)cc(-c2ccc3ncsc3c2)n1. The largest absolute Gasteiger partial charge is 0.363 e. The topological polar surface area (TPSA) is 66.8 Å². The molecule has 3 heterocycles. The fourth-order valence-electron chi connectivity index (χ4n) is 4.92. The van der Waals surface area contributed by atoms with Crippen LogP contribution in [0.25, 0.3) is 32.6 Å². The molecule has 6 aromatic rings. The summed E-state index contributed by atoms with van der Waals surface area (Å²) in [4.78, 5) is 20.6. The van der Waals surface area contributed by atoms with Crippen molar-refractivity contribution in [3.63, 3.8) is 0 Å². The quantitative estimate of drug-likeness (QED) is 0.219. The second-order valence-electron chi connectivity index (χ2n) is 9.96. The smallest absolute Gasteiger partial charge is 0.132 e. The molecule has 0 saturated carbocycles. The van der Waals surface area contributed by atoms with E-state index in [0.717, 1.165) is 55.7 Å². The minimum Gasteiger partial charge on any atom is -0.363 e. The molecule has 0 aliphatic heterocycles. The minimum absolute atomic E-state index is 0.0468. The highest BCUT2D eigenvalue weighted by molar-refractivity contribution is 7.16. The lowest BCUT2D eigenvalue weighted by molar-refractivity contribution is 0.868. The highest BCUT2D eigenvalue weighted by Gasteiger charge is 2.12. The lowest BCUT2D eigenvalue weighted by Gasteiger charge is -2.20. The van der Waals surface area contributed by atoms with Gasteiger partial charge >= 0.3 is 0 Å². The zero-order valence-electron chi connectivity index (χ0n) is 23.0. The van der Waals surface area contributed by atoms with Gasteiger partial charge in [0.15, 0.2) is 0 Å². The van der Waals surface area contributed by atoms with Crippen LogP contribution in [-0.2, 0) is 0 Å². The fraction of sp³-hybridized carbons (Fsp3) is 0.152. The maximum atomic E-state index is 4.77.